The molecule has 2 atom stereocenters. The van der Waals surface area contributed by atoms with Crippen molar-refractivity contribution in [3.8, 4) is 0 Å². The summed E-state index contributed by atoms with van der Waals surface area (Å²) in [5.41, 5.74) is 7.54. The molecule has 1 fully saturated rings. The van der Waals surface area contributed by atoms with E-state index in [0.717, 1.165) is 0 Å². The van der Waals surface area contributed by atoms with Crippen LogP contribution in [0.4, 0.5) is 0 Å². The first-order valence-electron chi connectivity index (χ1n) is 5.18. The minimum Gasteiger partial charge on any atom is -0.327 e. The van der Waals surface area contributed by atoms with Gasteiger partial charge in [0.1, 0.15) is 0 Å². The fourth-order valence-electron chi connectivity index (χ4n) is 2.27. The van der Waals surface area contributed by atoms with E-state index in [1.807, 2.05) is 0 Å². The van der Waals surface area contributed by atoms with E-state index in [-0.39, 0.29) is 0 Å². The molecule has 70 valence electrons. The molecule has 0 aromatic heterocycles. The lowest BCUT2D eigenvalue weighted by molar-refractivity contribution is 0.385. The fourth-order valence-corrected chi connectivity index (χ4v) is 2.27. The van der Waals surface area contributed by atoms with Crippen LogP contribution in [0.1, 0.15) is 37.2 Å². The molecular formula is C12H17N. The lowest BCUT2D eigenvalue weighted by Gasteiger charge is -2.28. The summed E-state index contributed by atoms with van der Waals surface area (Å²) < 4.78 is 0. The number of nitrogens with two attached hydrogens (primary N) is 1. The van der Waals surface area contributed by atoms with Gasteiger partial charge in [0.25, 0.3) is 0 Å². The lowest BCUT2D eigenvalue weighted by atomic mass is 9.80. The Balaban J connectivity index is 2.15. The Labute approximate surface area is 80.0 Å². The monoisotopic (exact) mass is 175 g/mol. The summed E-state index contributed by atoms with van der Waals surface area (Å²) in [7, 11) is 0. The molecule has 0 spiro atoms. The molecule has 1 saturated carbocycles. The Morgan fingerprint density at radius 2 is 1.69 bits per heavy atom. The van der Waals surface area contributed by atoms with E-state index >= 15 is 0 Å². The third-order valence-electron chi connectivity index (χ3n) is 3.05. The van der Waals surface area contributed by atoms with Crippen molar-refractivity contribution in [1.82, 2.24) is 0 Å². The highest BCUT2D eigenvalue weighted by Crippen LogP contribution is 2.31. The first-order chi connectivity index (χ1) is 6.38. The van der Waals surface area contributed by atoms with Crippen LogP contribution < -0.4 is 5.73 Å². The van der Waals surface area contributed by atoms with E-state index in [4.69, 9.17) is 5.73 Å². The lowest BCUT2D eigenvalue weighted by Crippen LogP contribution is -2.31. The van der Waals surface area contributed by atoms with Crippen LogP contribution in [-0.2, 0) is 0 Å². The largest absolute Gasteiger partial charge is 0.327 e. The molecule has 1 aliphatic carbocycles. The Kier molecular flexibility index (Phi) is 2.65. The van der Waals surface area contributed by atoms with Crippen LogP contribution in [0, 0.1) is 0 Å². The second-order valence-electron chi connectivity index (χ2n) is 3.97. The maximum atomic E-state index is 6.11. The van der Waals surface area contributed by atoms with Crippen molar-refractivity contribution in [2.75, 3.05) is 0 Å². The number of hydrogen-bond donors (Lipinski definition) is 1. The summed E-state index contributed by atoms with van der Waals surface area (Å²) in [5, 5.41) is 0. The summed E-state index contributed by atoms with van der Waals surface area (Å²) in [6.07, 6.45) is 5.11. The van der Waals surface area contributed by atoms with Crippen molar-refractivity contribution in [1.29, 1.82) is 0 Å². The summed E-state index contributed by atoms with van der Waals surface area (Å²) in [5.74, 6) is 0.606. The zero-order valence-corrected chi connectivity index (χ0v) is 7.95. The quantitative estimate of drug-likeness (QED) is 0.697. The molecule has 1 aromatic carbocycles. The van der Waals surface area contributed by atoms with Gasteiger partial charge in [0.05, 0.1) is 0 Å². The molecule has 0 radical (unpaired) electrons. The predicted octanol–water partition coefficient (Wildman–Crippen LogP) is 2.67. The van der Waals surface area contributed by atoms with Crippen LogP contribution in [0.3, 0.4) is 0 Å². The van der Waals surface area contributed by atoms with Gasteiger partial charge in [-0.15, -0.1) is 0 Å². The fraction of sp³-hybridized carbons (Fsp3) is 0.500. The molecule has 1 aromatic rings. The smallest absolute Gasteiger partial charge is 0.0108 e. The van der Waals surface area contributed by atoms with Crippen LogP contribution in [-0.4, -0.2) is 6.04 Å². The Morgan fingerprint density at radius 3 is 2.38 bits per heavy atom. The van der Waals surface area contributed by atoms with E-state index in [1.165, 1.54) is 31.2 Å². The predicted molar refractivity (Wildman–Crippen MR) is 55.6 cm³/mol. The number of rotatable bonds is 1. The van der Waals surface area contributed by atoms with Crippen molar-refractivity contribution in [3.05, 3.63) is 35.9 Å². The first kappa shape index (κ1) is 8.76. The van der Waals surface area contributed by atoms with Crippen molar-refractivity contribution < 1.29 is 0 Å². The standard InChI is InChI=1S/C12H17N/c13-12-9-5-4-8-11(12)10-6-2-1-3-7-10/h1-3,6-7,11-12H,4-5,8-9,13H2/t11-,12?/m1/s1. The third-order valence-corrected chi connectivity index (χ3v) is 3.05. The second-order valence-corrected chi connectivity index (χ2v) is 3.97. The van der Waals surface area contributed by atoms with Gasteiger partial charge in [-0.3, -0.25) is 0 Å². The van der Waals surface area contributed by atoms with Gasteiger partial charge < -0.3 is 5.73 Å². The maximum Gasteiger partial charge on any atom is 0.0108 e. The van der Waals surface area contributed by atoms with Gasteiger partial charge in [-0.25, -0.2) is 0 Å². The van der Waals surface area contributed by atoms with Crippen LogP contribution in [0.2, 0.25) is 0 Å². The summed E-state index contributed by atoms with van der Waals surface area (Å²) >= 11 is 0. The molecule has 0 amide bonds. The number of hydrogen-bond acceptors (Lipinski definition) is 1. The van der Waals surface area contributed by atoms with Gasteiger partial charge in [0, 0.05) is 6.04 Å². The Morgan fingerprint density at radius 1 is 1.00 bits per heavy atom. The Bertz CT molecular complexity index is 255. The van der Waals surface area contributed by atoms with E-state index in [1.54, 1.807) is 0 Å². The summed E-state index contributed by atoms with van der Waals surface area (Å²) in [6, 6.07) is 11.1. The zero-order chi connectivity index (χ0) is 9.10. The average Bonchev–Trinajstić information content (AvgIpc) is 2.20. The van der Waals surface area contributed by atoms with E-state index in [9.17, 15) is 0 Å². The topological polar surface area (TPSA) is 26.0 Å². The van der Waals surface area contributed by atoms with Crippen molar-refractivity contribution in [2.45, 2.75) is 37.6 Å². The van der Waals surface area contributed by atoms with E-state index in [0.29, 0.717) is 12.0 Å². The molecular weight excluding hydrogens is 158 g/mol. The van der Waals surface area contributed by atoms with Crippen LogP contribution in [0.25, 0.3) is 0 Å². The highest BCUT2D eigenvalue weighted by Gasteiger charge is 2.22. The molecule has 13 heavy (non-hydrogen) atoms. The molecule has 0 aliphatic heterocycles. The molecule has 1 aliphatic rings. The molecule has 1 nitrogen and oxygen atoms in total. The van der Waals surface area contributed by atoms with E-state index in [2.05, 4.69) is 30.3 Å². The normalized spacial score (nSPS) is 28.7. The third kappa shape index (κ3) is 1.92. The van der Waals surface area contributed by atoms with E-state index < -0.39 is 0 Å². The molecule has 1 heteroatoms. The minimum atomic E-state index is 0.385. The van der Waals surface area contributed by atoms with Gasteiger partial charge in [-0.05, 0) is 24.3 Å². The zero-order valence-electron chi connectivity index (χ0n) is 7.95. The first-order valence-corrected chi connectivity index (χ1v) is 5.18. The summed E-state index contributed by atoms with van der Waals surface area (Å²) in [6.45, 7) is 0. The average molecular weight is 175 g/mol. The highest BCUT2D eigenvalue weighted by atomic mass is 14.7. The Hall–Kier alpha value is -0.820. The maximum absolute atomic E-state index is 6.11. The molecule has 0 bridgehead atoms. The molecule has 2 rings (SSSR count). The molecule has 0 saturated heterocycles. The van der Waals surface area contributed by atoms with Crippen molar-refractivity contribution >= 4 is 0 Å². The van der Waals surface area contributed by atoms with Crippen molar-refractivity contribution in [2.24, 2.45) is 5.73 Å². The van der Waals surface area contributed by atoms with Gasteiger partial charge in [-0.2, -0.15) is 0 Å². The molecule has 2 N–H and O–H groups in total. The van der Waals surface area contributed by atoms with Gasteiger partial charge >= 0.3 is 0 Å². The molecule has 0 heterocycles. The van der Waals surface area contributed by atoms with Crippen molar-refractivity contribution in [3.63, 3.8) is 0 Å². The SMILES string of the molecule is NC1CCCC[C@@H]1c1ccccc1. The highest BCUT2D eigenvalue weighted by molar-refractivity contribution is 5.21. The van der Waals surface area contributed by atoms with Crippen LogP contribution >= 0.6 is 0 Å². The minimum absolute atomic E-state index is 0.385. The molecule has 1 unspecified atom stereocenters. The van der Waals surface area contributed by atoms with Gasteiger partial charge in [0.2, 0.25) is 0 Å². The van der Waals surface area contributed by atoms with Crippen LogP contribution in [0.15, 0.2) is 30.3 Å². The van der Waals surface area contributed by atoms with Gasteiger partial charge in [-0.1, -0.05) is 43.2 Å². The van der Waals surface area contributed by atoms with Crippen LogP contribution in [0.5, 0.6) is 0 Å². The second kappa shape index (κ2) is 3.93. The summed E-state index contributed by atoms with van der Waals surface area (Å²) in [4.78, 5) is 0. The van der Waals surface area contributed by atoms with Gasteiger partial charge in [0.15, 0.2) is 0 Å². The number of benzene rings is 1.